The maximum atomic E-state index is 12.7. The van der Waals surface area contributed by atoms with Crippen LogP contribution in [0.2, 0.25) is 0 Å². The van der Waals surface area contributed by atoms with E-state index in [0.717, 1.165) is 12.0 Å². The van der Waals surface area contributed by atoms with Crippen LogP contribution in [-0.4, -0.2) is 65.5 Å². The second kappa shape index (κ2) is 7.76. The fourth-order valence-corrected chi connectivity index (χ4v) is 5.55. The molecule has 1 aliphatic carbocycles. The van der Waals surface area contributed by atoms with Gasteiger partial charge in [0.15, 0.2) is 0 Å². The van der Waals surface area contributed by atoms with Crippen LogP contribution in [0.25, 0.3) is 0 Å². The molecule has 3 fully saturated rings. The zero-order valence-corrected chi connectivity index (χ0v) is 18.0. The van der Waals surface area contributed by atoms with E-state index in [9.17, 15) is 14.7 Å². The van der Waals surface area contributed by atoms with Gasteiger partial charge in [-0.15, -0.1) is 0 Å². The molecule has 4 rings (SSSR count). The normalized spacial score (nSPS) is 30.2. The quantitative estimate of drug-likeness (QED) is 0.819. The van der Waals surface area contributed by atoms with Gasteiger partial charge in [-0.2, -0.15) is 0 Å². The summed E-state index contributed by atoms with van der Waals surface area (Å²) in [5.74, 6) is 0.790. The van der Waals surface area contributed by atoms with Crippen LogP contribution in [0.4, 0.5) is 9.59 Å². The minimum Gasteiger partial charge on any atom is -0.445 e. The highest BCUT2D eigenvalue weighted by molar-refractivity contribution is 5.69. The number of likely N-dealkylation sites (tertiary alicyclic amines) is 2. The first-order valence-corrected chi connectivity index (χ1v) is 10.8. The number of carbonyl (C=O) groups excluding carboxylic acids is 2. The number of aliphatic hydroxyl groups is 1. The van der Waals surface area contributed by atoms with E-state index < -0.39 is 5.60 Å². The lowest BCUT2D eigenvalue weighted by molar-refractivity contribution is 0.0250. The molecule has 0 bridgehead atoms. The molecule has 2 heterocycles. The van der Waals surface area contributed by atoms with Gasteiger partial charge < -0.3 is 24.4 Å². The summed E-state index contributed by atoms with van der Waals surface area (Å²) in [5, 5.41) is 10.2. The first-order valence-electron chi connectivity index (χ1n) is 10.8. The summed E-state index contributed by atoms with van der Waals surface area (Å²) in [6.07, 6.45) is 0.212. The Morgan fingerprint density at radius 1 is 1.10 bits per heavy atom. The number of hydrogen-bond acceptors (Lipinski definition) is 5. The highest BCUT2D eigenvalue weighted by Crippen LogP contribution is 2.56. The van der Waals surface area contributed by atoms with Crippen molar-refractivity contribution in [1.82, 2.24) is 9.80 Å². The van der Waals surface area contributed by atoms with Crippen molar-refractivity contribution in [2.45, 2.75) is 39.4 Å². The molecule has 7 nitrogen and oxygen atoms in total. The zero-order chi connectivity index (χ0) is 21.5. The number of rotatable bonds is 3. The van der Waals surface area contributed by atoms with Crippen LogP contribution < -0.4 is 0 Å². The van der Waals surface area contributed by atoms with Crippen molar-refractivity contribution in [3.05, 3.63) is 35.9 Å². The van der Waals surface area contributed by atoms with E-state index in [-0.39, 0.29) is 42.7 Å². The maximum absolute atomic E-state index is 12.7. The lowest BCUT2D eigenvalue weighted by atomic mass is 9.79. The Bertz CT molecular complexity index is 793. The van der Waals surface area contributed by atoms with Crippen LogP contribution in [-0.2, 0) is 16.1 Å². The van der Waals surface area contributed by atoms with Gasteiger partial charge >= 0.3 is 12.2 Å². The van der Waals surface area contributed by atoms with E-state index >= 15 is 0 Å². The summed E-state index contributed by atoms with van der Waals surface area (Å²) in [5.41, 5.74) is 0.142. The predicted octanol–water partition coefficient (Wildman–Crippen LogP) is 3.12. The van der Waals surface area contributed by atoms with Crippen LogP contribution >= 0.6 is 0 Å². The highest BCUT2D eigenvalue weighted by Gasteiger charge is 2.61. The Morgan fingerprint density at radius 3 is 2.50 bits per heavy atom. The van der Waals surface area contributed by atoms with Gasteiger partial charge in [-0.25, -0.2) is 9.59 Å². The lowest BCUT2D eigenvalue weighted by Gasteiger charge is -2.30. The minimum atomic E-state index is -0.518. The Labute approximate surface area is 177 Å². The second-order valence-electron chi connectivity index (χ2n) is 10.1. The van der Waals surface area contributed by atoms with E-state index in [1.807, 2.05) is 51.1 Å². The second-order valence-corrected chi connectivity index (χ2v) is 10.1. The molecule has 0 spiro atoms. The van der Waals surface area contributed by atoms with Crippen molar-refractivity contribution in [2.75, 3.05) is 32.8 Å². The van der Waals surface area contributed by atoms with Crippen molar-refractivity contribution < 1.29 is 24.2 Å². The third-order valence-corrected chi connectivity index (χ3v) is 6.82. The minimum absolute atomic E-state index is 0.0551. The molecule has 164 valence electrons. The van der Waals surface area contributed by atoms with Gasteiger partial charge in [-0.3, -0.25) is 0 Å². The SMILES string of the molecule is CC(C)(C)OC(=O)N1CC2CC3(CO)CN(C(=O)OCc4ccccc4)CC3C2C1. The lowest BCUT2D eigenvalue weighted by Crippen LogP contribution is -2.39. The topological polar surface area (TPSA) is 79.3 Å². The van der Waals surface area contributed by atoms with E-state index in [2.05, 4.69) is 0 Å². The molecule has 0 aromatic heterocycles. The third kappa shape index (κ3) is 4.00. The van der Waals surface area contributed by atoms with E-state index in [0.29, 0.717) is 32.1 Å². The van der Waals surface area contributed by atoms with Gasteiger partial charge in [-0.1, -0.05) is 30.3 Å². The number of fused-ring (bicyclic) bond motifs is 3. The number of benzene rings is 1. The fourth-order valence-electron chi connectivity index (χ4n) is 5.55. The fraction of sp³-hybridized carbons (Fsp3) is 0.652. The molecule has 4 atom stereocenters. The maximum Gasteiger partial charge on any atom is 0.410 e. The summed E-state index contributed by atoms with van der Waals surface area (Å²) in [7, 11) is 0. The molecule has 2 aliphatic heterocycles. The summed E-state index contributed by atoms with van der Waals surface area (Å²) in [6, 6.07) is 9.61. The van der Waals surface area contributed by atoms with E-state index in [4.69, 9.17) is 9.47 Å². The Balaban J connectivity index is 1.38. The molecule has 1 aromatic carbocycles. The Kier molecular flexibility index (Phi) is 5.43. The number of aliphatic hydroxyl groups excluding tert-OH is 1. The van der Waals surface area contributed by atoms with Crippen LogP contribution in [0.1, 0.15) is 32.8 Å². The largest absolute Gasteiger partial charge is 0.445 e. The van der Waals surface area contributed by atoms with Gasteiger partial charge in [-0.05, 0) is 50.5 Å². The van der Waals surface area contributed by atoms with Gasteiger partial charge in [0.05, 0.1) is 6.61 Å². The highest BCUT2D eigenvalue weighted by atomic mass is 16.6. The number of hydrogen-bond donors (Lipinski definition) is 1. The van der Waals surface area contributed by atoms with Crippen molar-refractivity contribution in [2.24, 2.45) is 23.2 Å². The van der Waals surface area contributed by atoms with Crippen molar-refractivity contribution in [3.63, 3.8) is 0 Å². The summed E-state index contributed by atoms with van der Waals surface area (Å²) < 4.78 is 11.0. The summed E-state index contributed by atoms with van der Waals surface area (Å²) in [4.78, 5) is 28.7. The van der Waals surface area contributed by atoms with E-state index in [1.54, 1.807) is 9.80 Å². The molecule has 0 radical (unpaired) electrons. The molecular formula is C23H32N2O5. The number of nitrogens with zero attached hydrogens (tertiary/aromatic N) is 2. The monoisotopic (exact) mass is 416 g/mol. The molecule has 1 aromatic rings. The molecule has 7 heteroatoms. The molecule has 1 saturated carbocycles. The first kappa shape index (κ1) is 21.0. The molecular weight excluding hydrogens is 384 g/mol. The first-order chi connectivity index (χ1) is 14.2. The molecule has 1 N–H and O–H groups in total. The van der Waals surface area contributed by atoms with Gasteiger partial charge in [0.25, 0.3) is 0 Å². The Morgan fingerprint density at radius 2 is 1.83 bits per heavy atom. The average Bonchev–Trinajstić information content (AvgIpc) is 3.33. The van der Waals surface area contributed by atoms with Crippen molar-refractivity contribution in [1.29, 1.82) is 0 Å². The average molecular weight is 417 g/mol. The van der Waals surface area contributed by atoms with Crippen LogP contribution in [0.5, 0.6) is 0 Å². The summed E-state index contributed by atoms with van der Waals surface area (Å²) >= 11 is 0. The molecule has 2 amide bonds. The predicted molar refractivity (Wildman–Crippen MR) is 111 cm³/mol. The molecule has 3 aliphatic rings. The number of ether oxygens (including phenoxy) is 2. The molecule has 30 heavy (non-hydrogen) atoms. The van der Waals surface area contributed by atoms with Crippen molar-refractivity contribution in [3.8, 4) is 0 Å². The summed E-state index contributed by atoms with van der Waals surface area (Å²) in [6.45, 7) is 8.27. The van der Waals surface area contributed by atoms with E-state index in [1.165, 1.54) is 0 Å². The number of carbonyl (C=O) groups is 2. The standard InChI is InChI=1S/C23H32N2O5/c1-22(2,3)30-21(28)24-10-17-9-23(15-26)14-25(12-19(23)18(17)11-24)20(27)29-13-16-7-5-4-6-8-16/h4-8,17-19,26H,9-15H2,1-3H3. The van der Waals surface area contributed by atoms with Gasteiger partial charge in [0.2, 0.25) is 0 Å². The molecule has 2 saturated heterocycles. The van der Waals surface area contributed by atoms with Crippen LogP contribution in [0.3, 0.4) is 0 Å². The van der Waals surface area contributed by atoms with Crippen molar-refractivity contribution >= 4 is 12.2 Å². The van der Waals surface area contributed by atoms with Crippen LogP contribution in [0, 0.1) is 23.2 Å². The third-order valence-electron chi connectivity index (χ3n) is 6.82. The van der Waals surface area contributed by atoms with Crippen LogP contribution in [0.15, 0.2) is 30.3 Å². The molecule has 4 unspecified atom stereocenters. The zero-order valence-electron chi connectivity index (χ0n) is 18.0. The smallest absolute Gasteiger partial charge is 0.410 e. The van der Waals surface area contributed by atoms with Gasteiger partial charge in [0.1, 0.15) is 12.2 Å². The Hall–Kier alpha value is -2.28. The van der Waals surface area contributed by atoms with Gasteiger partial charge in [0, 0.05) is 31.6 Å². The number of amides is 2.